The predicted molar refractivity (Wildman–Crippen MR) is 97.8 cm³/mol. The molecule has 0 fully saturated rings. The summed E-state index contributed by atoms with van der Waals surface area (Å²) in [7, 11) is -2.22. The van der Waals surface area contributed by atoms with Crippen molar-refractivity contribution in [1.82, 2.24) is 9.62 Å². The van der Waals surface area contributed by atoms with Crippen molar-refractivity contribution in [2.45, 2.75) is 24.3 Å². The lowest BCUT2D eigenvalue weighted by atomic mass is 10.1. The van der Waals surface area contributed by atoms with Crippen molar-refractivity contribution < 1.29 is 17.9 Å². The van der Waals surface area contributed by atoms with Crippen LogP contribution in [-0.4, -0.2) is 38.8 Å². The molecule has 0 spiro atoms. The molecule has 0 atom stereocenters. The molecule has 1 amide bonds. The molecule has 6 nitrogen and oxygen atoms in total. The van der Waals surface area contributed by atoms with E-state index in [0.717, 1.165) is 26.8 Å². The first-order chi connectivity index (χ1) is 11.9. The number of amides is 1. The van der Waals surface area contributed by atoms with Gasteiger partial charge < -0.3 is 10.1 Å². The van der Waals surface area contributed by atoms with Gasteiger partial charge in [-0.25, -0.2) is 8.42 Å². The van der Waals surface area contributed by atoms with Crippen LogP contribution in [0.5, 0.6) is 0 Å². The van der Waals surface area contributed by atoms with Crippen LogP contribution in [0.3, 0.4) is 0 Å². The minimum absolute atomic E-state index is 0.227. The van der Waals surface area contributed by atoms with Gasteiger partial charge in [0, 0.05) is 20.2 Å². The maximum atomic E-state index is 12.3. The number of carbonyl (C=O) groups is 1. The highest BCUT2D eigenvalue weighted by molar-refractivity contribution is 7.91. The molecule has 1 N–H and O–H groups in total. The highest BCUT2D eigenvalue weighted by Gasteiger charge is 2.23. The molecule has 0 bridgehead atoms. The third kappa shape index (κ3) is 5.37. The van der Waals surface area contributed by atoms with E-state index in [-0.39, 0.29) is 16.7 Å². The topological polar surface area (TPSA) is 75.7 Å². The van der Waals surface area contributed by atoms with E-state index in [9.17, 15) is 13.2 Å². The maximum Gasteiger partial charge on any atom is 0.252 e. The van der Waals surface area contributed by atoms with Crippen LogP contribution in [0, 0.1) is 0 Å². The monoisotopic (exact) mass is 382 g/mol. The van der Waals surface area contributed by atoms with Gasteiger partial charge in [-0.15, -0.1) is 11.3 Å². The van der Waals surface area contributed by atoms with E-state index >= 15 is 0 Å². The lowest BCUT2D eigenvalue weighted by Crippen LogP contribution is -2.38. The summed E-state index contributed by atoms with van der Waals surface area (Å²) in [5.41, 5.74) is 1.96. The van der Waals surface area contributed by atoms with Gasteiger partial charge in [-0.2, -0.15) is 4.31 Å². The van der Waals surface area contributed by atoms with Crippen molar-refractivity contribution in [3.63, 3.8) is 0 Å². The summed E-state index contributed by atoms with van der Waals surface area (Å²) in [6.07, 6.45) is 0. The number of carbonyl (C=O) groups excluding carboxylic acids is 1. The van der Waals surface area contributed by atoms with Crippen molar-refractivity contribution in [2.75, 3.05) is 20.2 Å². The summed E-state index contributed by atoms with van der Waals surface area (Å²) in [5, 5.41) is 4.46. The number of nitrogens with zero attached hydrogens (tertiary/aromatic N) is 1. The van der Waals surface area contributed by atoms with Crippen LogP contribution in [0.2, 0.25) is 0 Å². The fourth-order valence-corrected chi connectivity index (χ4v) is 4.51. The third-order valence-corrected chi connectivity index (χ3v) is 6.76. The average Bonchev–Trinajstić information content (AvgIpc) is 3.14. The average molecular weight is 383 g/mol. The largest absolute Gasteiger partial charge is 0.377 e. The number of sulfonamides is 1. The van der Waals surface area contributed by atoms with Crippen molar-refractivity contribution in [2.24, 2.45) is 0 Å². The molecule has 2 aromatic rings. The summed E-state index contributed by atoms with van der Waals surface area (Å²) in [5.74, 6) is -0.353. The lowest BCUT2D eigenvalue weighted by molar-refractivity contribution is -0.121. The number of hydrogen-bond donors (Lipinski definition) is 1. The normalized spacial score (nSPS) is 11.6. The SMILES string of the molecule is CCOCc1ccccc1CNC(=O)CN(C)S(=O)(=O)c1cccs1. The molecule has 136 valence electrons. The Morgan fingerprint density at radius 2 is 1.92 bits per heavy atom. The third-order valence-electron chi connectivity index (χ3n) is 3.58. The van der Waals surface area contributed by atoms with Gasteiger partial charge in [-0.05, 0) is 29.5 Å². The molecule has 2 rings (SSSR count). The van der Waals surface area contributed by atoms with Crippen molar-refractivity contribution >= 4 is 27.3 Å². The molecule has 1 aromatic heterocycles. The molecule has 1 heterocycles. The molecule has 0 aliphatic rings. The number of rotatable bonds is 9. The molecule has 0 unspecified atom stereocenters. The number of nitrogens with one attached hydrogen (secondary N) is 1. The van der Waals surface area contributed by atoms with E-state index < -0.39 is 10.0 Å². The first-order valence-electron chi connectivity index (χ1n) is 7.86. The second kappa shape index (κ2) is 9.10. The predicted octanol–water partition coefficient (Wildman–Crippen LogP) is 2.22. The van der Waals surface area contributed by atoms with Gasteiger partial charge in [-0.1, -0.05) is 30.3 Å². The lowest BCUT2D eigenvalue weighted by Gasteiger charge is -2.16. The second-order valence-electron chi connectivity index (χ2n) is 5.38. The van der Waals surface area contributed by atoms with Gasteiger partial charge >= 0.3 is 0 Å². The van der Waals surface area contributed by atoms with Gasteiger partial charge in [0.25, 0.3) is 10.0 Å². The molecular formula is C17H22N2O4S2. The quantitative estimate of drug-likeness (QED) is 0.722. The van der Waals surface area contributed by atoms with E-state index in [0.29, 0.717) is 19.8 Å². The Bertz CT molecular complexity index is 789. The van der Waals surface area contributed by atoms with Crippen LogP contribution in [-0.2, 0) is 32.7 Å². The summed E-state index contributed by atoms with van der Waals surface area (Å²) in [6.45, 7) is 3.12. The van der Waals surface area contributed by atoms with Gasteiger partial charge in [0.15, 0.2) is 0 Å². The number of thiophene rings is 1. The molecule has 25 heavy (non-hydrogen) atoms. The molecule has 0 radical (unpaired) electrons. The van der Waals surface area contributed by atoms with Crippen LogP contribution in [0.25, 0.3) is 0 Å². The molecule has 8 heteroatoms. The van der Waals surface area contributed by atoms with E-state index in [4.69, 9.17) is 4.74 Å². The van der Waals surface area contributed by atoms with Crippen LogP contribution in [0.4, 0.5) is 0 Å². The summed E-state index contributed by atoms with van der Waals surface area (Å²) >= 11 is 1.13. The molecule has 0 saturated carbocycles. The van der Waals surface area contributed by atoms with E-state index in [2.05, 4.69) is 5.32 Å². The second-order valence-corrected chi connectivity index (χ2v) is 8.60. The fraction of sp³-hybridized carbons (Fsp3) is 0.353. The zero-order valence-corrected chi connectivity index (χ0v) is 15.9. The first-order valence-corrected chi connectivity index (χ1v) is 10.2. The van der Waals surface area contributed by atoms with Crippen molar-refractivity contribution in [1.29, 1.82) is 0 Å². The van der Waals surface area contributed by atoms with Gasteiger partial charge in [0.2, 0.25) is 5.91 Å². The Morgan fingerprint density at radius 1 is 1.20 bits per heavy atom. The highest BCUT2D eigenvalue weighted by Crippen LogP contribution is 2.19. The van der Waals surface area contributed by atoms with E-state index in [1.807, 2.05) is 31.2 Å². The van der Waals surface area contributed by atoms with Crippen LogP contribution in [0.15, 0.2) is 46.0 Å². The van der Waals surface area contributed by atoms with Crippen LogP contribution in [0.1, 0.15) is 18.1 Å². The maximum absolute atomic E-state index is 12.3. The minimum atomic E-state index is -3.62. The number of benzene rings is 1. The zero-order chi connectivity index (χ0) is 18.3. The molecular weight excluding hydrogens is 360 g/mol. The number of hydrogen-bond acceptors (Lipinski definition) is 5. The molecule has 0 aliphatic carbocycles. The van der Waals surface area contributed by atoms with Gasteiger partial charge in [-0.3, -0.25) is 4.79 Å². The Hall–Kier alpha value is -1.74. The van der Waals surface area contributed by atoms with E-state index in [1.165, 1.54) is 13.1 Å². The highest BCUT2D eigenvalue weighted by atomic mass is 32.2. The Morgan fingerprint density at radius 3 is 2.56 bits per heavy atom. The fourth-order valence-electron chi connectivity index (χ4n) is 2.18. The van der Waals surface area contributed by atoms with Gasteiger partial charge in [0.1, 0.15) is 4.21 Å². The smallest absolute Gasteiger partial charge is 0.252 e. The van der Waals surface area contributed by atoms with Crippen molar-refractivity contribution in [3.8, 4) is 0 Å². The Labute approximate surface area is 152 Å². The molecule has 0 saturated heterocycles. The summed E-state index contributed by atoms with van der Waals surface area (Å²) < 4.78 is 31.3. The number of ether oxygens (including phenoxy) is 1. The molecule has 0 aliphatic heterocycles. The minimum Gasteiger partial charge on any atom is -0.377 e. The van der Waals surface area contributed by atoms with Crippen LogP contribution < -0.4 is 5.32 Å². The molecule has 1 aromatic carbocycles. The summed E-state index contributed by atoms with van der Waals surface area (Å²) in [4.78, 5) is 12.1. The van der Waals surface area contributed by atoms with E-state index in [1.54, 1.807) is 11.4 Å². The van der Waals surface area contributed by atoms with Crippen molar-refractivity contribution in [3.05, 3.63) is 52.9 Å². The first kappa shape index (κ1) is 19.6. The van der Waals surface area contributed by atoms with Gasteiger partial charge in [0.05, 0.1) is 13.2 Å². The Balaban J connectivity index is 1.93. The zero-order valence-electron chi connectivity index (χ0n) is 14.3. The number of likely N-dealkylation sites (N-methyl/N-ethyl adjacent to an activating group) is 1. The summed E-state index contributed by atoms with van der Waals surface area (Å²) in [6, 6.07) is 10.9. The standard InChI is InChI=1S/C17H22N2O4S2/c1-3-23-13-15-8-5-4-7-14(15)11-18-16(20)12-19(2)25(21,22)17-9-6-10-24-17/h4-10H,3,11-13H2,1-2H3,(H,18,20). The van der Waals surface area contributed by atoms with Crippen LogP contribution >= 0.6 is 11.3 Å². The Kier molecular flexibility index (Phi) is 7.12.